The van der Waals surface area contributed by atoms with Gasteiger partial charge in [0.2, 0.25) is 5.91 Å². The fourth-order valence-corrected chi connectivity index (χ4v) is 6.63. The van der Waals surface area contributed by atoms with Crippen molar-refractivity contribution in [3.8, 4) is 16.9 Å². The number of phenolic OH excluding ortho intramolecular Hbond substituents is 1. The highest BCUT2D eigenvalue weighted by Crippen LogP contribution is 2.51. The van der Waals surface area contributed by atoms with Gasteiger partial charge in [0.05, 0.1) is 17.5 Å². The SMILES string of the molecule is CNC(=O)C1C(=O)[C@@H](N(C)C)[C@@H]2C[C@@H]3Cc4c(-c5ccc(F)cc5)ccc(O)c4C(=O)C3C(=O)[C@]2(O)C1=O. The third kappa shape index (κ3) is 3.47. The molecule has 1 amide bonds. The maximum Gasteiger partial charge on any atom is 0.238 e. The van der Waals surface area contributed by atoms with Crippen LogP contribution in [-0.4, -0.2) is 76.9 Å². The van der Waals surface area contributed by atoms with E-state index < -0.39 is 70.2 Å². The zero-order valence-electron chi connectivity index (χ0n) is 21.0. The lowest BCUT2D eigenvalue weighted by atomic mass is 9.52. The first-order valence-corrected chi connectivity index (χ1v) is 12.3. The number of rotatable bonds is 3. The molecule has 0 aliphatic heterocycles. The number of aromatic hydroxyl groups is 1. The summed E-state index contributed by atoms with van der Waals surface area (Å²) < 4.78 is 13.6. The number of Topliss-reactive ketones (excluding diaryl/α,β-unsaturated/α-hetero) is 4. The summed E-state index contributed by atoms with van der Waals surface area (Å²) in [5.41, 5.74) is -1.15. The maximum absolute atomic E-state index is 13.9. The van der Waals surface area contributed by atoms with Crippen LogP contribution in [0.15, 0.2) is 36.4 Å². The smallest absolute Gasteiger partial charge is 0.238 e. The van der Waals surface area contributed by atoms with Crippen molar-refractivity contribution >= 4 is 29.0 Å². The number of hydrogen-bond donors (Lipinski definition) is 3. The molecule has 3 aliphatic rings. The Balaban J connectivity index is 1.65. The molecule has 9 nitrogen and oxygen atoms in total. The Bertz CT molecular complexity index is 1400. The second-order valence-electron chi connectivity index (χ2n) is 10.5. The average molecular weight is 523 g/mol. The van der Waals surface area contributed by atoms with Crippen molar-refractivity contribution in [1.82, 2.24) is 10.2 Å². The first kappa shape index (κ1) is 25.9. The number of aliphatic hydroxyl groups is 1. The van der Waals surface area contributed by atoms with Gasteiger partial charge in [0, 0.05) is 13.0 Å². The number of halogens is 1. The minimum atomic E-state index is -2.72. The van der Waals surface area contributed by atoms with Crippen LogP contribution < -0.4 is 5.32 Å². The Labute approximate surface area is 217 Å². The van der Waals surface area contributed by atoms with Crippen molar-refractivity contribution in [1.29, 1.82) is 0 Å². The van der Waals surface area contributed by atoms with Gasteiger partial charge in [0.15, 0.2) is 34.7 Å². The zero-order valence-corrected chi connectivity index (χ0v) is 21.0. The number of amides is 1. The van der Waals surface area contributed by atoms with Crippen LogP contribution in [0.3, 0.4) is 0 Å². The number of phenols is 1. The topological polar surface area (TPSA) is 141 Å². The van der Waals surface area contributed by atoms with Crippen LogP contribution >= 0.6 is 0 Å². The molecule has 0 aromatic heterocycles. The molecule has 6 atom stereocenters. The van der Waals surface area contributed by atoms with E-state index in [0.29, 0.717) is 16.7 Å². The number of benzene rings is 2. The van der Waals surface area contributed by atoms with Gasteiger partial charge in [0.1, 0.15) is 11.6 Å². The lowest BCUT2D eigenvalue weighted by molar-refractivity contribution is -0.181. The van der Waals surface area contributed by atoms with Crippen molar-refractivity contribution in [3.63, 3.8) is 0 Å². The fourth-order valence-electron chi connectivity index (χ4n) is 6.63. The molecule has 3 N–H and O–H groups in total. The van der Waals surface area contributed by atoms with Crippen molar-refractivity contribution in [2.75, 3.05) is 21.1 Å². The van der Waals surface area contributed by atoms with Gasteiger partial charge in [-0.15, -0.1) is 0 Å². The Kier molecular flexibility index (Phi) is 6.07. The van der Waals surface area contributed by atoms with Crippen molar-refractivity contribution < 1.29 is 38.6 Å². The Morgan fingerprint density at radius 1 is 1.05 bits per heavy atom. The maximum atomic E-state index is 13.9. The summed E-state index contributed by atoms with van der Waals surface area (Å²) in [6.45, 7) is 0. The van der Waals surface area contributed by atoms with Crippen LogP contribution in [0.5, 0.6) is 5.75 Å². The highest BCUT2D eigenvalue weighted by Gasteiger charge is 2.69. The van der Waals surface area contributed by atoms with Gasteiger partial charge in [-0.05, 0) is 67.7 Å². The van der Waals surface area contributed by atoms with Crippen LogP contribution in [-0.2, 0) is 25.6 Å². The summed E-state index contributed by atoms with van der Waals surface area (Å²) in [7, 11) is 4.36. The van der Waals surface area contributed by atoms with Gasteiger partial charge < -0.3 is 15.5 Å². The highest BCUT2D eigenvalue weighted by atomic mass is 19.1. The van der Waals surface area contributed by atoms with Crippen molar-refractivity contribution in [3.05, 3.63) is 53.3 Å². The number of ketones is 4. The second-order valence-corrected chi connectivity index (χ2v) is 10.5. The molecule has 2 fully saturated rings. The normalized spacial score (nSPS) is 30.5. The van der Waals surface area contributed by atoms with E-state index in [1.54, 1.807) is 32.3 Å². The summed E-state index contributed by atoms with van der Waals surface area (Å²) in [6.07, 6.45) is 0.129. The number of carbonyl (C=O) groups excluding carboxylic acids is 5. The Hall–Kier alpha value is -3.76. The van der Waals surface area contributed by atoms with E-state index in [1.807, 2.05) is 0 Å². The van der Waals surface area contributed by atoms with Gasteiger partial charge in [0.25, 0.3) is 0 Å². The monoisotopic (exact) mass is 522 g/mol. The molecule has 0 bridgehead atoms. The number of nitrogens with one attached hydrogen (secondary N) is 1. The quantitative estimate of drug-likeness (QED) is 0.506. The summed E-state index contributed by atoms with van der Waals surface area (Å²) in [4.78, 5) is 68.5. The van der Waals surface area contributed by atoms with Crippen LogP contribution in [0.1, 0.15) is 22.3 Å². The summed E-state index contributed by atoms with van der Waals surface area (Å²) in [6, 6.07) is 7.44. The largest absolute Gasteiger partial charge is 0.507 e. The van der Waals surface area contributed by atoms with Gasteiger partial charge in [-0.3, -0.25) is 28.9 Å². The number of hydrogen-bond acceptors (Lipinski definition) is 8. The molecule has 5 rings (SSSR count). The molecule has 2 saturated carbocycles. The minimum Gasteiger partial charge on any atom is -0.507 e. The van der Waals surface area contributed by atoms with Crippen LogP contribution in [0.4, 0.5) is 4.39 Å². The lowest BCUT2D eigenvalue weighted by Gasteiger charge is -2.52. The molecule has 0 radical (unpaired) electrons. The molecule has 198 valence electrons. The molecule has 3 aliphatic carbocycles. The Morgan fingerprint density at radius 2 is 1.71 bits per heavy atom. The number of fused-ring (bicyclic) bond motifs is 3. The van der Waals surface area contributed by atoms with E-state index >= 15 is 0 Å². The Morgan fingerprint density at radius 3 is 2.32 bits per heavy atom. The fraction of sp³-hybridized carbons (Fsp3) is 0.393. The van der Waals surface area contributed by atoms with Crippen molar-refractivity contribution in [2.45, 2.75) is 24.5 Å². The summed E-state index contributed by atoms with van der Waals surface area (Å²) in [5, 5.41) is 24.6. The lowest BCUT2D eigenvalue weighted by Crippen LogP contribution is -2.74. The third-order valence-corrected chi connectivity index (χ3v) is 8.32. The summed E-state index contributed by atoms with van der Waals surface area (Å²) >= 11 is 0. The van der Waals surface area contributed by atoms with Crippen molar-refractivity contribution in [2.24, 2.45) is 23.7 Å². The number of carbonyl (C=O) groups is 5. The average Bonchev–Trinajstić information content (AvgIpc) is 2.86. The minimum absolute atomic E-state index is 0.0165. The molecule has 0 heterocycles. The van der Waals surface area contributed by atoms with Crippen LogP contribution in [0.25, 0.3) is 11.1 Å². The molecule has 0 saturated heterocycles. The van der Waals surface area contributed by atoms with Gasteiger partial charge in [-0.2, -0.15) is 0 Å². The molecular formula is C28H27FN2O7. The summed E-state index contributed by atoms with van der Waals surface area (Å²) in [5.74, 6) is -10.6. The van der Waals surface area contributed by atoms with E-state index in [9.17, 15) is 38.6 Å². The molecule has 38 heavy (non-hydrogen) atoms. The molecule has 2 unspecified atom stereocenters. The molecule has 10 heteroatoms. The molecule has 2 aromatic carbocycles. The van der Waals surface area contributed by atoms with E-state index in [4.69, 9.17) is 0 Å². The predicted molar refractivity (Wildman–Crippen MR) is 132 cm³/mol. The van der Waals surface area contributed by atoms with E-state index in [1.165, 1.54) is 30.1 Å². The third-order valence-electron chi connectivity index (χ3n) is 8.32. The standard InChI is InChI=1S/C28H27FN2O7/c1-30-27(37)21-24(34)22(31(2)3)17-11-13-10-16-15(12-4-6-14(29)7-5-12)8-9-18(32)20(16)23(33)19(13)25(35)28(17,38)26(21)36/h4-9,13,17,19,21-22,32,38H,10-11H2,1-3H3,(H,30,37)/t13-,17-,19?,21?,22-,28-/m0/s1. The van der Waals surface area contributed by atoms with Gasteiger partial charge in [-0.1, -0.05) is 18.2 Å². The first-order valence-electron chi connectivity index (χ1n) is 12.3. The van der Waals surface area contributed by atoms with Gasteiger partial charge >= 0.3 is 0 Å². The van der Waals surface area contributed by atoms with E-state index in [2.05, 4.69) is 5.32 Å². The van der Waals surface area contributed by atoms with Crippen LogP contribution in [0.2, 0.25) is 0 Å². The van der Waals surface area contributed by atoms with E-state index in [-0.39, 0.29) is 24.2 Å². The molecular weight excluding hydrogens is 495 g/mol. The highest BCUT2D eigenvalue weighted by molar-refractivity contribution is 6.32. The predicted octanol–water partition coefficient (Wildman–Crippen LogP) is 0.934. The number of nitrogens with zero attached hydrogens (tertiary/aromatic N) is 1. The molecule has 2 aromatic rings. The van der Waals surface area contributed by atoms with E-state index in [0.717, 1.165) is 0 Å². The first-order chi connectivity index (χ1) is 17.9. The van der Waals surface area contributed by atoms with Crippen LogP contribution in [0, 0.1) is 29.5 Å². The number of likely N-dealkylation sites (N-methyl/N-ethyl adjacent to an activating group) is 1. The molecule has 0 spiro atoms. The zero-order chi connectivity index (χ0) is 27.7. The van der Waals surface area contributed by atoms with Gasteiger partial charge in [-0.25, -0.2) is 4.39 Å². The second kappa shape index (κ2) is 8.92.